The van der Waals surface area contributed by atoms with Crippen LogP contribution in [0.4, 0.5) is 10.2 Å². The first kappa shape index (κ1) is 15.4. The van der Waals surface area contributed by atoms with Crippen LogP contribution >= 0.6 is 0 Å². The fourth-order valence-corrected chi connectivity index (χ4v) is 2.80. The number of aryl methyl sites for hydroxylation is 1. The average molecular weight is 314 g/mol. The van der Waals surface area contributed by atoms with E-state index in [0.29, 0.717) is 37.6 Å². The van der Waals surface area contributed by atoms with Crippen LogP contribution in [0.3, 0.4) is 0 Å². The van der Waals surface area contributed by atoms with Crippen LogP contribution in [-0.2, 0) is 0 Å². The third kappa shape index (κ3) is 3.47. The molecule has 0 aromatic carbocycles. The molecule has 0 N–H and O–H groups in total. The van der Waals surface area contributed by atoms with Crippen molar-refractivity contribution >= 4 is 11.7 Å². The summed E-state index contributed by atoms with van der Waals surface area (Å²) in [6, 6.07) is 4.84. The minimum atomic E-state index is -0.324. The predicted octanol–water partition coefficient (Wildman–Crippen LogP) is 2.28. The molecule has 120 valence electrons. The minimum absolute atomic E-state index is 0.0236. The van der Waals surface area contributed by atoms with Crippen molar-refractivity contribution in [2.75, 3.05) is 31.1 Å². The Kier molecular flexibility index (Phi) is 4.50. The van der Waals surface area contributed by atoms with Gasteiger partial charge in [-0.3, -0.25) is 9.78 Å². The Morgan fingerprint density at radius 3 is 2.87 bits per heavy atom. The first-order chi connectivity index (χ1) is 11.1. The molecular formula is C17H19FN4O. The van der Waals surface area contributed by atoms with Crippen LogP contribution in [0.2, 0.25) is 0 Å². The van der Waals surface area contributed by atoms with E-state index >= 15 is 0 Å². The maximum Gasteiger partial charge on any atom is 0.255 e. The number of hydrogen-bond donors (Lipinski definition) is 0. The van der Waals surface area contributed by atoms with Gasteiger partial charge in [0.2, 0.25) is 0 Å². The van der Waals surface area contributed by atoms with Crippen molar-refractivity contribution in [2.24, 2.45) is 0 Å². The molecule has 1 saturated heterocycles. The first-order valence-electron chi connectivity index (χ1n) is 7.71. The average Bonchev–Trinajstić information content (AvgIpc) is 2.80. The lowest BCUT2D eigenvalue weighted by Crippen LogP contribution is -2.35. The zero-order valence-electron chi connectivity index (χ0n) is 13.1. The van der Waals surface area contributed by atoms with Gasteiger partial charge in [0, 0.05) is 44.8 Å². The summed E-state index contributed by atoms with van der Waals surface area (Å²) in [4.78, 5) is 24.5. The quantitative estimate of drug-likeness (QED) is 0.853. The highest BCUT2D eigenvalue weighted by atomic mass is 19.1. The summed E-state index contributed by atoms with van der Waals surface area (Å²) < 4.78 is 13.9. The fraction of sp³-hybridized carbons (Fsp3) is 0.353. The van der Waals surface area contributed by atoms with E-state index in [1.807, 2.05) is 17.9 Å². The largest absolute Gasteiger partial charge is 0.352 e. The Hall–Kier alpha value is -2.50. The van der Waals surface area contributed by atoms with Gasteiger partial charge in [-0.1, -0.05) is 0 Å². The Bertz CT molecular complexity index is 706. The van der Waals surface area contributed by atoms with Crippen LogP contribution in [0, 0.1) is 12.7 Å². The first-order valence-corrected chi connectivity index (χ1v) is 7.71. The Morgan fingerprint density at radius 2 is 2.09 bits per heavy atom. The third-order valence-electron chi connectivity index (χ3n) is 3.94. The van der Waals surface area contributed by atoms with Crippen LogP contribution in [0.15, 0.2) is 36.8 Å². The van der Waals surface area contributed by atoms with Crippen molar-refractivity contribution in [1.29, 1.82) is 0 Å². The van der Waals surface area contributed by atoms with Crippen LogP contribution in [-0.4, -0.2) is 47.0 Å². The van der Waals surface area contributed by atoms with Gasteiger partial charge < -0.3 is 9.80 Å². The van der Waals surface area contributed by atoms with Crippen LogP contribution in [0.5, 0.6) is 0 Å². The molecule has 1 aliphatic heterocycles. The van der Waals surface area contributed by atoms with E-state index < -0.39 is 0 Å². The lowest BCUT2D eigenvalue weighted by molar-refractivity contribution is 0.0766. The summed E-state index contributed by atoms with van der Waals surface area (Å²) in [7, 11) is 0. The van der Waals surface area contributed by atoms with Crippen molar-refractivity contribution in [2.45, 2.75) is 13.3 Å². The van der Waals surface area contributed by atoms with Crippen molar-refractivity contribution in [3.63, 3.8) is 0 Å². The summed E-state index contributed by atoms with van der Waals surface area (Å²) >= 11 is 0. The number of nitrogens with zero attached hydrogens (tertiary/aromatic N) is 4. The van der Waals surface area contributed by atoms with Crippen LogP contribution < -0.4 is 4.90 Å². The third-order valence-corrected chi connectivity index (χ3v) is 3.94. The van der Waals surface area contributed by atoms with Crippen molar-refractivity contribution < 1.29 is 9.18 Å². The van der Waals surface area contributed by atoms with Crippen LogP contribution in [0.1, 0.15) is 22.3 Å². The summed E-state index contributed by atoms with van der Waals surface area (Å²) in [5.41, 5.74) is 1.56. The molecule has 0 radical (unpaired) electrons. The molecule has 3 rings (SSSR count). The maximum absolute atomic E-state index is 13.9. The number of rotatable bonds is 2. The number of carbonyl (C=O) groups is 1. The summed E-state index contributed by atoms with van der Waals surface area (Å²) in [5.74, 6) is 0.0127. The summed E-state index contributed by atoms with van der Waals surface area (Å²) in [6.45, 7) is 4.36. The number of carbonyl (C=O) groups excluding carboxylic acids is 1. The number of amides is 1. The topological polar surface area (TPSA) is 49.3 Å². The molecule has 1 aliphatic rings. The Balaban J connectivity index is 1.71. The Morgan fingerprint density at radius 1 is 1.22 bits per heavy atom. The van der Waals surface area contributed by atoms with Gasteiger partial charge in [0.1, 0.15) is 0 Å². The van der Waals surface area contributed by atoms with Gasteiger partial charge in [-0.25, -0.2) is 9.37 Å². The number of halogens is 1. The van der Waals surface area contributed by atoms with Gasteiger partial charge in [0.05, 0.1) is 5.56 Å². The zero-order valence-corrected chi connectivity index (χ0v) is 13.1. The lowest BCUT2D eigenvalue weighted by Gasteiger charge is -2.23. The summed E-state index contributed by atoms with van der Waals surface area (Å²) in [6.07, 6.45) is 5.69. The van der Waals surface area contributed by atoms with E-state index in [-0.39, 0.29) is 11.7 Å². The molecule has 0 saturated carbocycles. The van der Waals surface area contributed by atoms with E-state index in [2.05, 4.69) is 9.97 Å². The highest BCUT2D eigenvalue weighted by molar-refractivity contribution is 5.94. The lowest BCUT2D eigenvalue weighted by atomic mass is 10.2. The van der Waals surface area contributed by atoms with E-state index in [1.165, 1.54) is 6.07 Å². The molecule has 3 heterocycles. The molecule has 0 spiro atoms. The molecule has 5 nitrogen and oxygen atoms in total. The van der Waals surface area contributed by atoms with Gasteiger partial charge in [0.15, 0.2) is 11.6 Å². The van der Waals surface area contributed by atoms with Crippen LogP contribution in [0.25, 0.3) is 0 Å². The molecule has 0 aliphatic carbocycles. The molecule has 1 amide bonds. The Labute approximate surface area is 134 Å². The second-order valence-electron chi connectivity index (χ2n) is 5.69. The van der Waals surface area contributed by atoms with E-state index in [0.717, 1.165) is 12.0 Å². The van der Waals surface area contributed by atoms with E-state index in [4.69, 9.17) is 0 Å². The normalized spacial score (nSPS) is 15.4. The number of hydrogen-bond acceptors (Lipinski definition) is 4. The molecule has 0 atom stereocenters. The highest BCUT2D eigenvalue weighted by Crippen LogP contribution is 2.18. The maximum atomic E-state index is 13.9. The zero-order chi connectivity index (χ0) is 16.2. The standard InChI is InChI=1S/C17H19FN4O/c1-13-10-14(12-19-11-13)17(23)22-7-3-6-21(8-9-22)16-15(18)4-2-5-20-16/h2,4-5,10-12H,3,6-9H2,1H3. The number of pyridine rings is 2. The molecular weight excluding hydrogens is 295 g/mol. The monoisotopic (exact) mass is 314 g/mol. The molecule has 1 fully saturated rings. The SMILES string of the molecule is Cc1cncc(C(=O)N2CCCN(c3ncccc3F)CC2)c1. The summed E-state index contributed by atoms with van der Waals surface area (Å²) in [5, 5.41) is 0. The number of anilines is 1. The van der Waals surface area contributed by atoms with Gasteiger partial charge in [-0.2, -0.15) is 0 Å². The minimum Gasteiger partial charge on any atom is -0.352 e. The number of aromatic nitrogens is 2. The van der Waals surface area contributed by atoms with Crippen molar-refractivity contribution in [3.8, 4) is 0 Å². The van der Waals surface area contributed by atoms with Gasteiger partial charge in [0.25, 0.3) is 5.91 Å². The van der Waals surface area contributed by atoms with Gasteiger partial charge in [-0.15, -0.1) is 0 Å². The van der Waals surface area contributed by atoms with E-state index in [1.54, 1.807) is 29.6 Å². The van der Waals surface area contributed by atoms with Crippen molar-refractivity contribution in [1.82, 2.24) is 14.9 Å². The van der Waals surface area contributed by atoms with E-state index in [9.17, 15) is 9.18 Å². The second-order valence-corrected chi connectivity index (χ2v) is 5.69. The molecule has 0 bridgehead atoms. The highest BCUT2D eigenvalue weighted by Gasteiger charge is 2.22. The predicted molar refractivity (Wildman–Crippen MR) is 85.9 cm³/mol. The molecule has 2 aromatic rings. The van der Waals surface area contributed by atoms with Gasteiger partial charge >= 0.3 is 0 Å². The molecule has 0 unspecified atom stereocenters. The van der Waals surface area contributed by atoms with Gasteiger partial charge in [-0.05, 0) is 37.1 Å². The molecule has 23 heavy (non-hydrogen) atoms. The fourth-order valence-electron chi connectivity index (χ4n) is 2.80. The molecule has 2 aromatic heterocycles. The molecule has 6 heteroatoms. The smallest absolute Gasteiger partial charge is 0.255 e. The second kappa shape index (κ2) is 6.73. The van der Waals surface area contributed by atoms with Crippen molar-refractivity contribution in [3.05, 3.63) is 53.7 Å².